The number of carbonyl (C=O) groups is 2. The number of hydrogen-bond donors (Lipinski definition) is 2. The second kappa shape index (κ2) is 8.71. The summed E-state index contributed by atoms with van der Waals surface area (Å²) < 4.78 is 5.19. The van der Waals surface area contributed by atoms with Crippen molar-refractivity contribution in [3.05, 3.63) is 58.6 Å². The molecule has 128 valence electrons. The minimum Gasteiger partial charge on any atom is -0.496 e. The summed E-state index contributed by atoms with van der Waals surface area (Å²) in [5, 5.41) is 14.4. The van der Waals surface area contributed by atoms with Gasteiger partial charge in [0.15, 0.2) is 0 Å². The van der Waals surface area contributed by atoms with Crippen molar-refractivity contribution in [3.8, 4) is 11.8 Å². The van der Waals surface area contributed by atoms with E-state index in [9.17, 15) is 9.59 Å². The average Bonchev–Trinajstić information content (AvgIpc) is 2.61. The van der Waals surface area contributed by atoms with Crippen molar-refractivity contribution in [1.82, 2.24) is 5.32 Å². The predicted molar refractivity (Wildman–Crippen MR) is 94.5 cm³/mol. The van der Waals surface area contributed by atoms with Gasteiger partial charge in [-0.2, -0.15) is 5.26 Å². The van der Waals surface area contributed by atoms with E-state index in [-0.39, 0.29) is 24.8 Å². The molecule has 0 aromatic heterocycles. The zero-order valence-corrected chi connectivity index (χ0v) is 14.3. The molecule has 0 spiro atoms. The maximum atomic E-state index is 12.6. The molecule has 2 rings (SSSR count). The highest BCUT2D eigenvalue weighted by atomic mass is 35.5. The van der Waals surface area contributed by atoms with Crippen LogP contribution in [0, 0.1) is 11.3 Å². The fourth-order valence-corrected chi connectivity index (χ4v) is 2.34. The lowest BCUT2D eigenvalue weighted by Crippen LogP contribution is -2.23. The van der Waals surface area contributed by atoms with Crippen LogP contribution in [-0.4, -0.2) is 18.9 Å². The highest BCUT2D eigenvalue weighted by molar-refractivity contribution is 6.31. The van der Waals surface area contributed by atoms with E-state index in [1.807, 2.05) is 0 Å². The molecule has 0 heterocycles. The highest BCUT2D eigenvalue weighted by Gasteiger charge is 2.15. The molecule has 0 unspecified atom stereocenters. The maximum absolute atomic E-state index is 12.6. The van der Waals surface area contributed by atoms with Crippen LogP contribution < -0.4 is 15.4 Å². The molecule has 0 bridgehead atoms. The van der Waals surface area contributed by atoms with E-state index >= 15 is 0 Å². The first-order valence-electron chi connectivity index (χ1n) is 7.41. The molecular formula is C18H16ClN3O3. The first-order chi connectivity index (χ1) is 12.0. The Morgan fingerprint density at radius 2 is 2.00 bits per heavy atom. The molecule has 6 nitrogen and oxygen atoms in total. The Labute approximate surface area is 150 Å². The van der Waals surface area contributed by atoms with Crippen molar-refractivity contribution in [2.24, 2.45) is 0 Å². The molecule has 2 amide bonds. The number of hydrogen-bond acceptors (Lipinski definition) is 4. The van der Waals surface area contributed by atoms with Crippen LogP contribution >= 0.6 is 11.6 Å². The minimum atomic E-state index is -0.379. The summed E-state index contributed by atoms with van der Waals surface area (Å²) in [6.45, 7) is 0.198. The van der Waals surface area contributed by atoms with Crippen LogP contribution in [0.15, 0.2) is 42.5 Å². The Morgan fingerprint density at radius 1 is 1.24 bits per heavy atom. The van der Waals surface area contributed by atoms with Gasteiger partial charge in [0, 0.05) is 17.3 Å². The van der Waals surface area contributed by atoms with Gasteiger partial charge in [0.25, 0.3) is 5.91 Å². The molecule has 25 heavy (non-hydrogen) atoms. The summed E-state index contributed by atoms with van der Waals surface area (Å²) in [5.74, 6) is -0.350. The normalized spacial score (nSPS) is 9.80. The molecule has 0 aliphatic heterocycles. The van der Waals surface area contributed by atoms with Gasteiger partial charge in [0.05, 0.1) is 18.7 Å². The quantitative estimate of drug-likeness (QED) is 0.830. The highest BCUT2D eigenvalue weighted by Crippen LogP contribution is 2.24. The van der Waals surface area contributed by atoms with Crippen molar-refractivity contribution >= 4 is 29.1 Å². The van der Waals surface area contributed by atoms with E-state index < -0.39 is 0 Å². The number of nitrogens with zero attached hydrogens (tertiary/aromatic N) is 1. The Kier molecular flexibility index (Phi) is 6.38. The third-order valence-corrected chi connectivity index (χ3v) is 3.62. The van der Waals surface area contributed by atoms with Crippen LogP contribution in [0.25, 0.3) is 0 Å². The minimum absolute atomic E-state index is 0.198. The Morgan fingerprint density at radius 3 is 2.72 bits per heavy atom. The number of rotatable bonds is 6. The summed E-state index contributed by atoms with van der Waals surface area (Å²) >= 11 is 5.96. The molecule has 0 aliphatic rings. The van der Waals surface area contributed by atoms with Gasteiger partial charge in [-0.15, -0.1) is 0 Å². The SMILES string of the molecule is COc1ccc(Cl)cc1C(=O)Nc1ccccc1CNC(=O)CC#N. The number of halogens is 1. The van der Waals surface area contributed by atoms with Gasteiger partial charge < -0.3 is 15.4 Å². The maximum Gasteiger partial charge on any atom is 0.259 e. The van der Waals surface area contributed by atoms with E-state index in [1.54, 1.807) is 42.5 Å². The number of nitriles is 1. The van der Waals surface area contributed by atoms with Crippen LogP contribution in [0.5, 0.6) is 5.75 Å². The molecule has 7 heteroatoms. The van der Waals surface area contributed by atoms with Gasteiger partial charge in [-0.3, -0.25) is 9.59 Å². The largest absolute Gasteiger partial charge is 0.496 e. The van der Waals surface area contributed by atoms with Crippen LogP contribution in [0.4, 0.5) is 5.69 Å². The summed E-state index contributed by atoms with van der Waals surface area (Å²) in [6, 6.07) is 13.6. The van der Waals surface area contributed by atoms with Crippen molar-refractivity contribution < 1.29 is 14.3 Å². The second-order valence-electron chi connectivity index (χ2n) is 5.07. The molecule has 2 N–H and O–H groups in total. The smallest absolute Gasteiger partial charge is 0.259 e. The molecule has 0 saturated heterocycles. The second-order valence-corrected chi connectivity index (χ2v) is 5.50. The van der Waals surface area contributed by atoms with Crippen molar-refractivity contribution in [1.29, 1.82) is 5.26 Å². The molecule has 0 radical (unpaired) electrons. The monoisotopic (exact) mass is 357 g/mol. The summed E-state index contributed by atoms with van der Waals surface area (Å²) in [6.07, 6.45) is -0.214. The first kappa shape index (κ1) is 18.3. The van der Waals surface area contributed by atoms with Crippen LogP contribution in [-0.2, 0) is 11.3 Å². The van der Waals surface area contributed by atoms with Gasteiger partial charge in [-0.05, 0) is 29.8 Å². The van der Waals surface area contributed by atoms with Gasteiger partial charge in [-0.1, -0.05) is 29.8 Å². The Balaban J connectivity index is 2.18. The molecular weight excluding hydrogens is 342 g/mol. The van der Waals surface area contributed by atoms with E-state index in [1.165, 1.54) is 13.2 Å². The zero-order chi connectivity index (χ0) is 18.2. The van der Waals surface area contributed by atoms with Crippen LogP contribution in [0.3, 0.4) is 0 Å². The number of methoxy groups -OCH3 is 1. The summed E-state index contributed by atoms with van der Waals surface area (Å²) in [7, 11) is 1.47. The number of anilines is 1. The zero-order valence-electron chi connectivity index (χ0n) is 13.5. The van der Waals surface area contributed by atoms with E-state index in [0.29, 0.717) is 27.6 Å². The fraction of sp³-hybridized carbons (Fsp3) is 0.167. The van der Waals surface area contributed by atoms with Crippen molar-refractivity contribution in [3.63, 3.8) is 0 Å². The van der Waals surface area contributed by atoms with Gasteiger partial charge in [0.2, 0.25) is 5.91 Å². The third kappa shape index (κ3) is 4.96. The topological polar surface area (TPSA) is 91.2 Å². The number of amides is 2. The van der Waals surface area contributed by atoms with Crippen LogP contribution in [0.2, 0.25) is 5.02 Å². The molecule has 2 aromatic rings. The molecule has 2 aromatic carbocycles. The Bertz CT molecular complexity index is 831. The first-order valence-corrected chi connectivity index (χ1v) is 7.79. The standard InChI is InChI=1S/C18H16ClN3O3/c1-25-16-7-6-13(19)10-14(16)18(24)22-15-5-3-2-4-12(15)11-21-17(23)8-9-20/h2-7,10H,8,11H2,1H3,(H,21,23)(H,22,24). The number of ether oxygens (including phenoxy) is 1. The van der Waals surface area contributed by atoms with E-state index in [0.717, 1.165) is 0 Å². The third-order valence-electron chi connectivity index (χ3n) is 3.39. The molecule has 0 fully saturated rings. The lowest BCUT2D eigenvalue weighted by Gasteiger charge is -2.13. The lowest BCUT2D eigenvalue weighted by molar-refractivity contribution is -0.120. The molecule has 0 saturated carbocycles. The number of benzene rings is 2. The predicted octanol–water partition coefficient (Wildman–Crippen LogP) is 3.13. The van der Waals surface area contributed by atoms with Gasteiger partial charge >= 0.3 is 0 Å². The van der Waals surface area contributed by atoms with E-state index in [2.05, 4.69) is 10.6 Å². The molecule has 0 aliphatic carbocycles. The number of nitrogens with one attached hydrogen (secondary N) is 2. The number of carbonyl (C=O) groups excluding carboxylic acids is 2. The van der Waals surface area contributed by atoms with Crippen LogP contribution in [0.1, 0.15) is 22.3 Å². The fourth-order valence-electron chi connectivity index (χ4n) is 2.17. The van der Waals surface area contributed by atoms with Gasteiger partial charge in [-0.25, -0.2) is 0 Å². The summed E-state index contributed by atoms with van der Waals surface area (Å²) in [5.41, 5.74) is 1.56. The molecule has 0 atom stereocenters. The van der Waals surface area contributed by atoms with Gasteiger partial charge in [0.1, 0.15) is 12.2 Å². The average molecular weight is 358 g/mol. The van der Waals surface area contributed by atoms with Crippen molar-refractivity contribution in [2.45, 2.75) is 13.0 Å². The Hall–Kier alpha value is -3.04. The van der Waals surface area contributed by atoms with E-state index in [4.69, 9.17) is 21.6 Å². The number of para-hydroxylation sites is 1. The van der Waals surface area contributed by atoms with Crippen molar-refractivity contribution in [2.75, 3.05) is 12.4 Å². The lowest BCUT2D eigenvalue weighted by atomic mass is 10.1. The summed E-state index contributed by atoms with van der Waals surface area (Å²) in [4.78, 5) is 24.0.